The number of nitrogens with one attached hydrogen (secondary N) is 2. The number of aryl methyl sites for hydroxylation is 2. The lowest BCUT2D eigenvalue weighted by molar-refractivity contribution is 0.463. The zero-order valence-corrected chi connectivity index (χ0v) is 14.0. The van der Waals surface area contributed by atoms with Crippen molar-refractivity contribution in [1.29, 1.82) is 0 Å². The van der Waals surface area contributed by atoms with Gasteiger partial charge in [-0.15, -0.1) is 0 Å². The summed E-state index contributed by atoms with van der Waals surface area (Å²) in [6, 6.07) is 10.7. The molecule has 2 aromatic rings. The summed E-state index contributed by atoms with van der Waals surface area (Å²) in [7, 11) is 1.78. The standard InChI is InChI=1S/C18H24N4O/c1-12-13(2)23-17(22-12)11-21-18(19-3)20-10-15-9-16(15)14-7-5-4-6-8-14/h4-8,15-16H,9-11H2,1-3H3,(H2,19,20,21). The van der Waals surface area contributed by atoms with Gasteiger partial charge in [-0.1, -0.05) is 30.3 Å². The third-order valence-electron chi connectivity index (χ3n) is 4.39. The van der Waals surface area contributed by atoms with Crippen molar-refractivity contribution >= 4 is 5.96 Å². The fourth-order valence-corrected chi connectivity index (χ4v) is 2.80. The molecule has 1 saturated carbocycles. The third-order valence-corrected chi connectivity index (χ3v) is 4.39. The van der Waals surface area contributed by atoms with Crippen LogP contribution in [0.2, 0.25) is 0 Å². The van der Waals surface area contributed by atoms with Crippen LogP contribution in [0.4, 0.5) is 0 Å². The Kier molecular flexibility index (Phi) is 4.65. The topological polar surface area (TPSA) is 62.5 Å². The molecule has 0 bridgehead atoms. The summed E-state index contributed by atoms with van der Waals surface area (Å²) in [5, 5.41) is 6.64. The van der Waals surface area contributed by atoms with Gasteiger partial charge in [-0.3, -0.25) is 4.99 Å². The highest BCUT2D eigenvalue weighted by Gasteiger charge is 2.37. The van der Waals surface area contributed by atoms with Gasteiger partial charge in [-0.2, -0.15) is 0 Å². The molecule has 2 atom stereocenters. The summed E-state index contributed by atoms with van der Waals surface area (Å²) < 4.78 is 5.57. The van der Waals surface area contributed by atoms with Crippen molar-refractivity contribution in [1.82, 2.24) is 15.6 Å². The van der Waals surface area contributed by atoms with Crippen LogP contribution in [0.25, 0.3) is 0 Å². The summed E-state index contributed by atoms with van der Waals surface area (Å²) in [4.78, 5) is 8.62. The first-order chi connectivity index (χ1) is 11.2. The molecule has 2 unspecified atom stereocenters. The largest absolute Gasteiger partial charge is 0.444 e. The van der Waals surface area contributed by atoms with E-state index in [9.17, 15) is 0 Å². The number of oxazole rings is 1. The van der Waals surface area contributed by atoms with E-state index in [-0.39, 0.29) is 0 Å². The van der Waals surface area contributed by atoms with E-state index < -0.39 is 0 Å². The van der Waals surface area contributed by atoms with E-state index in [1.807, 2.05) is 13.8 Å². The SMILES string of the molecule is CN=C(NCc1nc(C)c(C)o1)NCC1CC1c1ccccc1. The van der Waals surface area contributed by atoms with Crippen molar-refractivity contribution in [2.75, 3.05) is 13.6 Å². The van der Waals surface area contributed by atoms with Crippen LogP contribution in [0.1, 0.15) is 35.2 Å². The van der Waals surface area contributed by atoms with Crippen LogP contribution in [-0.4, -0.2) is 24.5 Å². The van der Waals surface area contributed by atoms with Gasteiger partial charge in [0, 0.05) is 13.6 Å². The Labute approximate surface area is 137 Å². The van der Waals surface area contributed by atoms with E-state index in [4.69, 9.17) is 4.42 Å². The molecule has 23 heavy (non-hydrogen) atoms. The Morgan fingerprint density at radius 2 is 2.04 bits per heavy atom. The fraction of sp³-hybridized carbons (Fsp3) is 0.444. The minimum Gasteiger partial charge on any atom is -0.444 e. The van der Waals surface area contributed by atoms with Gasteiger partial charge in [0.1, 0.15) is 5.76 Å². The number of aromatic nitrogens is 1. The molecule has 0 saturated heterocycles. The normalized spacial score (nSPS) is 20.4. The average Bonchev–Trinajstić information content (AvgIpc) is 3.28. The molecule has 0 aliphatic heterocycles. The van der Waals surface area contributed by atoms with Crippen LogP contribution in [0.15, 0.2) is 39.7 Å². The molecule has 1 aliphatic rings. The van der Waals surface area contributed by atoms with Crippen molar-refractivity contribution in [3.8, 4) is 0 Å². The van der Waals surface area contributed by atoms with Gasteiger partial charge in [0.2, 0.25) is 5.89 Å². The van der Waals surface area contributed by atoms with Crippen LogP contribution in [0.5, 0.6) is 0 Å². The Bertz CT molecular complexity index is 658. The van der Waals surface area contributed by atoms with Gasteiger partial charge in [0.05, 0.1) is 12.2 Å². The van der Waals surface area contributed by atoms with Gasteiger partial charge in [0.25, 0.3) is 0 Å². The number of benzene rings is 1. The molecule has 122 valence electrons. The van der Waals surface area contributed by atoms with E-state index in [0.29, 0.717) is 24.3 Å². The maximum absolute atomic E-state index is 5.57. The Hall–Kier alpha value is -2.30. The van der Waals surface area contributed by atoms with Gasteiger partial charge in [-0.05, 0) is 37.7 Å². The minimum absolute atomic E-state index is 0.543. The molecule has 2 N–H and O–H groups in total. The van der Waals surface area contributed by atoms with Gasteiger partial charge >= 0.3 is 0 Å². The molecule has 5 heteroatoms. The quantitative estimate of drug-likeness (QED) is 0.658. The maximum Gasteiger partial charge on any atom is 0.214 e. The average molecular weight is 312 g/mol. The molecule has 3 rings (SSSR count). The van der Waals surface area contributed by atoms with E-state index in [1.54, 1.807) is 7.05 Å². The zero-order valence-electron chi connectivity index (χ0n) is 14.0. The molecule has 1 aliphatic carbocycles. The second-order valence-electron chi connectivity index (χ2n) is 6.07. The lowest BCUT2D eigenvalue weighted by Gasteiger charge is -2.10. The van der Waals surface area contributed by atoms with Crippen molar-refractivity contribution < 1.29 is 4.42 Å². The summed E-state index contributed by atoms with van der Waals surface area (Å²) in [6.45, 7) is 5.35. The summed E-state index contributed by atoms with van der Waals surface area (Å²) in [5.74, 6) is 3.71. The summed E-state index contributed by atoms with van der Waals surface area (Å²) in [6.07, 6.45) is 1.24. The smallest absolute Gasteiger partial charge is 0.214 e. The second kappa shape index (κ2) is 6.86. The van der Waals surface area contributed by atoms with Crippen LogP contribution >= 0.6 is 0 Å². The Balaban J connectivity index is 1.44. The maximum atomic E-state index is 5.57. The van der Waals surface area contributed by atoms with Crippen LogP contribution in [-0.2, 0) is 6.54 Å². The van der Waals surface area contributed by atoms with Crippen molar-refractivity contribution in [3.05, 3.63) is 53.2 Å². The second-order valence-corrected chi connectivity index (χ2v) is 6.07. The molecular weight excluding hydrogens is 288 g/mol. The molecule has 0 spiro atoms. The minimum atomic E-state index is 0.543. The zero-order chi connectivity index (χ0) is 16.2. The molecular formula is C18H24N4O. The van der Waals surface area contributed by atoms with E-state index in [2.05, 4.69) is 50.9 Å². The molecule has 0 radical (unpaired) electrons. The number of guanidine groups is 1. The Morgan fingerprint density at radius 1 is 1.26 bits per heavy atom. The monoisotopic (exact) mass is 312 g/mol. The van der Waals surface area contributed by atoms with E-state index in [0.717, 1.165) is 24.0 Å². The van der Waals surface area contributed by atoms with Crippen LogP contribution < -0.4 is 10.6 Å². The first-order valence-electron chi connectivity index (χ1n) is 8.09. The first-order valence-corrected chi connectivity index (χ1v) is 8.09. The van der Waals surface area contributed by atoms with Crippen molar-refractivity contribution in [2.45, 2.75) is 32.7 Å². The Morgan fingerprint density at radius 3 is 2.70 bits per heavy atom. The number of hydrogen-bond donors (Lipinski definition) is 2. The lowest BCUT2D eigenvalue weighted by Crippen LogP contribution is -2.38. The highest BCUT2D eigenvalue weighted by Crippen LogP contribution is 2.46. The summed E-state index contributed by atoms with van der Waals surface area (Å²) in [5.41, 5.74) is 2.38. The van der Waals surface area contributed by atoms with Gasteiger partial charge < -0.3 is 15.1 Å². The van der Waals surface area contributed by atoms with Gasteiger partial charge in [-0.25, -0.2) is 4.98 Å². The van der Waals surface area contributed by atoms with Crippen LogP contribution in [0.3, 0.4) is 0 Å². The number of hydrogen-bond acceptors (Lipinski definition) is 3. The highest BCUT2D eigenvalue weighted by molar-refractivity contribution is 5.79. The number of nitrogens with zero attached hydrogens (tertiary/aromatic N) is 2. The molecule has 1 heterocycles. The number of rotatable bonds is 5. The molecule has 1 aromatic carbocycles. The van der Waals surface area contributed by atoms with E-state index >= 15 is 0 Å². The lowest BCUT2D eigenvalue weighted by atomic mass is 10.1. The number of aliphatic imine (C=N–C) groups is 1. The fourth-order valence-electron chi connectivity index (χ4n) is 2.80. The van der Waals surface area contributed by atoms with E-state index in [1.165, 1.54) is 12.0 Å². The molecule has 1 fully saturated rings. The molecule has 1 aromatic heterocycles. The highest BCUT2D eigenvalue weighted by atomic mass is 16.4. The first kappa shape index (κ1) is 15.6. The van der Waals surface area contributed by atoms with Crippen LogP contribution in [0, 0.1) is 19.8 Å². The van der Waals surface area contributed by atoms with Crippen molar-refractivity contribution in [3.63, 3.8) is 0 Å². The third kappa shape index (κ3) is 3.92. The molecule has 0 amide bonds. The predicted molar refractivity (Wildman–Crippen MR) is 91.5 cm³/mol. The predicted octanol–water partition coefficient (Wildman–Crippen LogP) is 2.76. The van der Waals surface area contributed by atoms with Gasteiger partial charge in [0.15, 0.2) is 5.96 Å². The summed E-state index contributed by atoms with van der Waals surface area (Å²) >= 11 is 0. The van der Waals surface area contributed by atoms with Crippen molar-refractivity contribution in [2.24, 2.45) is 10.9 Å². The molecule has 5 nitrogen and oxygen atoms in total.